The quantitative estimate of drug-likeness (QED) is 0.697. The number of methoxy groups -OCH3 is 1. The number of fused-ring (bicyclic) bond motifs is 2. The smallest absolute Gasteiger partial charge is 0.264 e. The van der Waals surface area contributed by atoms with Crippen LogP contribution in [0.4, 0.5) is 0 Å². The number of thiophene rings is 1. The Morgan fingerprint density at radius 2 is 2.17 bits per heavy atom. The van der Waals surface area contributed by atoms with Gasteiger partial charge in [-0.15, -0.1) is 11.3 Å². The summed E-state index contributed by atoms with van der Waals surface area (Å²) in [6, 6.07) is 9.92. The Morgan fingerprint density at radius 1 is 1.29 bits per heavy atom. The molecule has 0 radical (unpaired) electrons. The third-order valence-corrected chi connectivity index (χ3v) is 5.70. The van der Waals surface area contributed by atoms with Gasteiger partial charge in [-0.25, -0.2) is 4.98 Å². The second kappa shape index (κ2) is 6.06. The number of piperidine rings is 1. The number of amides is 1. The van der Waals surface area contributed by atoms with Crippen LogP contribution in [0.1, 0.15) is 29.4 Å². The second-order valence-corrected chi connectivity index (χ2v) is 7.58. The molecule has 2 aromatic heterocycles. The molecule has 4 rings (SSSR count). The zero-order chi connectivity index (χ0) is 16.7. The molecule has 4 nitrogen and oxygen atoms in total. The Bertz CT molecular complexity index is 918. The lowest BCUT2D eigenvalue weighted by molar-refractivity contribution is 0.0688. The summed E-state index contributed by atoms with van der Waals surface area (Å²) in [4.78, 5) is 21.2. The van der Waals surface area contributed by atoms with E-state index < -0.39 is 0 Å². The number of aromatic nitrogens is 1. The van der Waals surface area contributed by atoms with Gasteiger partial charge in [-0.1, -0.05) is 6.92 Å². The molecule has 24 heavy (non-hydrogen) atoms. The van der Waals surface area contributed by atoms with E-state index in [-0.39, 0.29) is 5.91 Å². The number of hydrogen-bond donors (Lipinski definition) is 0. The summed E-state index contributed by atoms with van der Waals surface area (Å²) in [5.41, 5.74) is 0.927. The average Bonchev–Trinajstić information content (AvgIpc) is 3.01. The summed E-state index contributed by atoms with van der Waals surface area (Å²) in [6.45, 7) is 3.94. The Morgan fingerprint density at radius 3 is 2.96 bits per heavy atom. The van der Waals surface area contributed by atoms with Crippen molar-refractivity contribution in [3.8, 4) is 5.75 Å². The van der Waals surface area contributed by atoms with Gasteiger partial charge in [0.25, 0.3) is 5.91 Å². The third-order valence-electron chi connectivity index (χ3n) is 4.66. The molecule has 0 N–H and O–H groups in total. The number of carbonyl (C=O) groups excluding carboxylic acids is 1. The largest absolute Gasteiger partial charge is 0.497 e. The first-order valence-corrected chi connectivity index (χ1v) is 9.13. The topological polar surface area (TPSA) is 42.4 Å². The molecule has 1 amide bonds. The van der Waals surface area contributed by atoms with Gasteiger partial charge in [0.05, 0.1) is 17.5 Å². The van der Waals surface area contributed by atoms with Crippen molar-refractivity contribution >= 4 is 38.4 Å². The van der Waals surface area contributed by atoms with E-state index in [1.807, 2.05) is 29.2 Å². The Labute approximate surface area is 145 Å². The predicted molar refractivity (Wildman–Crippen MR) is 98.0 cm³/mol. The number of likely N-dealkylation sites (tertiary alicyclic amines) is 1. The molecule has 1 unspecified atom stereocenters. The van der Waals surface area contributed by atoms with E-state index in [1.54, 1.807) is 7.11 Å². The summed E-state index contributed by atoms with van der Waals surface area (Å²) < 4.78 is 5.28. The maximum atomic E-state index is 12.8. The molecule has 3 heterocycles. The molecule has 0 bridgehead atoms. The highest BCUT2D eigenvalue weighted by Gasteiger charge is 2.23. The van der Waals surface area contributed by atoms with Crippen LogP contribution in [-0.2, 0) is 0 Å². The standard InChI is InChI=1S/C19H20N2O2S/c1-12-4-3-7-21(11-12)19(22)17-10-14-8-13-9-15(23-2)5-6-16(13)20-18(14)24-17/h5-6,8-10,12H,3-4,7,11H2,1-2H3. The molecule has 1 aliphatic rings. The first kappa shape index (κ1) is 15.4. The summed E-state index contributed by atoms with van der Waals surface area (Å²) in [6.07, 6.45) is 2.31. The molecule has 3 aromatic rings. The van der Waals surface area contributed by atoms with Crippen molar-refractivity contribution in [2.75, 3.05) is 20.2 Å². The van der Waals surface area contributed by atoms with E-state index in [9.17, 15) is 4.79 Å². The maximum Gasteiger partial charge on any atom is 0.264 e. The zero-order valence-corrected chi connectivity index (χ0v) is 14.7. The number of benzene rings is 1. The van der Waals surface area contributed by atoms with Crippen LogP contribution in [0.2, 0.25) is 0 Å². The first-order chi connectivity index (χ1) is 11.6. The molecule has 0 aliphatic carbocycles. The summed E-state index contributed by atoms with van der Waals surface area (Å²) in [5.74, 6) is 1.55. The van der Waals surface area contributed by atoms with Crippen LogP contribution in [0.5, 0.6) is 5.75 Å². The summed E-state index contributed by atoms with van der Waals surface area (Å²) in [5, 5.41) is 2.06. The van der Waals surface area contributed by atoms with Gasteiger partial charge in [0, 0.05) is 23.9 Å². The van der Waals surface area contributed by atoms with Crippen molar-refractivity contribution in [3.63, 3.8) is 0 Å². The number of rotatable bonds is 2. The Kier molecular flexibility index (Phi) is 3.88. The van der Waals surface area contributed by atoms with Crippen molar-refractivity contribution < 1.29 is 9.53 Å². The fourth-order valence-corrected chi connectivity index (χ4v) is 4.37. The highest BCUT2D eigenvalue weighted by molar-refractivity contribution is 7.20. The van der Waals surface area contributed by atoms with Crippen molar-refractivity contribution in [3.05, 3.63) is 35.2 Å². The van der Waals surface area contributed by atoms with Gasteiger partial charge in [0.15, 0.2) is 0 Å². The molecular formula is C19H20N2O2S. The SMILES string of the molecule is COc1ccc2nc3sc(C(=O)N4CCCC(C)C4)cc3cc2c1. The summed E-state index contributed by atoms with van der Waals surface area (Å²) >= 11 is 1.49. The highest BCUT2D eigenvalue weighted by atomic mass is 32.1. The van der Waals surface area contributed by atoms with E-state index in [2.05, 4.69) is 13.0 Å². The molecule has 0 saturated carbocycles. The Hall–Kier alpha value is -2.14. The average molecular weight is 340 g/mol. The van der Waals surface area contributed by atoms with E-state index in [0.29, 0.717) is 5.92 Å². The molecule has 1 fully saturated rings. The maximum absolute atomic E-state index is 12.8. The fraction of sp³-hybridized carbons (Fsp3) is 0.368. The van der Waals surface area contributed by atoms with E-state index in [1.165, 1.54) is 17.8 Å². The molecule has 1 atom stereocenters. The summed E-state index contributed by atoms with van der Waals surface area (Å²) in [7, 11) is 1.66. The minimum Gasteiger partial charge on any atom is -0.497 e. The van der Waals surface area contributed by atoms with Crippen LogP contribution in [0.25, 0.3) is 21.1 Å². The molecule has 124 valence electrons. The minimum absolute atomic E-state index is 0.145. The van der Waals surface area contributed by atoms with Gasteiger partial charge in [0.2, 0.25) is 0 Å². The second-order valence-electron chi connectivity index (χ2n) is 6.55. The van der Waals surface area contributed by atoms with Crippen LogP contribution in [0, 0.1) is 5.92 Å². The van der Waals surface area contributed by atoms with Gasteiger partial charge in [-0.05, 0) is 49.1 Å². The number of hydrogen-bond acceptors (Lipinski definition) is 4. The lowest BCUT2D eigenvalue weighted by Crippen LogP contribution is -2.38. The van der Waals surface area contributed by atoms with Crippen molar-refractivity contribution in [2.45, 2.75) is 19.8 Å². The van der Waals surface area contributed by atoms with Gasteiger partial charge in [-0.3, -0.25) is 4.79 Å². The normalized spacial score (nSPS) is 18.2. The molecule has 1 aliphatic heterocycles. The Balaban J connectivity index is 1.71. The number of pyridine rings is 1. The van der Waals surface area contributed by atoms with E-state index in [4.69, 9.17) is 9.72 Å². The van der Waals surface area contributed by atoms with Gasteiger partial charge in [-0.2, -0.15) is 0 Å². The third kappa shape index (κ3) is 2.73. The van der Waals surface area contributed by atoms with Crippen LogP contribution < -0.4 is 4.74 Å². The van der Waals surface area contributed by atoms with Gasteiger partial charge in [0.1, 0.15) is 10.6 Å². The molecular weight excluding hydrogens is 320 g/mol. The van der Waals surface area contributed by atoms with Crippen LogP contribution in [-0.4, -0.2) is 36.0 Å². The minimum atomic E-state index is 0.145. The first-order valence-electron chi connectivity index (χ1n) is 8.31. The van der Waals surface area contributed by atoms with E-state index in [0.717, 1.165) is 51.3 Å². The van der Waals surface area contributed by atoms with Gasteiger partial charge < -0.3 is 9.64 Å². The van der Waals surface area contributed by atoms with Crippen LogP contribution in [0.15, 0.2) is 30.3 Å². The van der Waals surface area contributed by atoms with Crippen LogP contribution >= 0.6 is 11.3 Å². The van der Waals surface area contributed by atoms with Gasteiger partial charge >= 0.3 is 0 Å². The van der Waals surface area contributed by atoms with Crippen molar-refractivity contribution in [1.29, 1.82) is 0 Å². The fourth-order valence-electron chi connectivity index (χ4n) is 3.38. The van der Waals surface area contributed by atoms with Crippen molar-refractivity contribution in [1.82, 2.24) is 9.88 Å². The monoisotopic (exact) mass is 340 g/mol. The molecule has 5 heteroatoms. The van der Waals surface area contributed by atoms with Crippen molar-refractivity contribution in [2.24, 2.45) is 5.92 Å². The predicted octanol–water partition coefficient (Wildman–Crippen LogP) is 4.33. The zero-order valence-electron chi connectivity index (χ0n) is 13.9. The molecule has 1 saturated heterocycles. The molecule has 1 aromatic carbocycles. The highest BCUT2D eigenvalue weighted by Crippen LogP contribution is 2.30. The van der Waals surface area contributed by atoms with Crippen LogP contribution in [0.3, 0.4) is 0 Å². The number of nitrogens with zero attached hydrogens (tertiary/aromatic N) is 2. The van der Waals surface area contributed by atoms with E-state index >= 15 is 0 Å². The lowest BCUT2D eigenvalue weighted by Gasteiger charge is -2.30. The lowest BCUT2D eigenvalue weighted by atomic mass is 10.0. The molecule has 0 spiro atoms. The number of carbonyl (C=O) groups is 1. The number of ether oxygens (including phenoxy) is 1.